The second kappa shape index (κ2) is 6.61. The summed E-state index contributed by atoms with van der Waals surface area (Å²) < 4.78 is 3.08. The van der Waals surface area contributed by atoms with Gasteiger partial charge in [0.25, 0.3) is 0 Å². The normalized spacial score (nSPS) is 12.5. The molecule has 0 aliphatic carbocycles. The molecule has 2 rings (SSSR count). The summed E-state index contributed by atoms with van der Waals surface area (Å²) in [5.41, 5.74) is 3.48. The summed E-state index contributed by atoms with van der Waals surface area (Å²) in [5.74, 6) is 0. The Bertz CT molecular complexity index is 625. The van der Waals surface area contributed by atoms with E-state index in [9.17, 15) is 0 Å². The van der Waals surface area contributed by atoms with Gasteiger partial charge in [0.2, 0.25) is 0 Å². The molecule has 0 saturated carbocycles. The molecule has 0 heterocycles. The van der Waals surface area contributed by atoms with Gasteiger partial charge in [0.1, 0.15) is 0 Å². The van der Waals surface area contributed by atoms with E-state index in [4.69, 9.17) is 11.6 Å². The van der Waals surface area contributed by atoms with Gasteiger partial charge < -0.3 is 0 Å². The van der Waals surface area contributed by atoms with Crippen LogP contribution in [0, 0.1) is 6.92 Å². The van der Waals surface area contributed by atoms with Crippen LogP contribution < -0.4 is 0 Å². The first-order valence-electron chi connectivity index (χ1n) is 5.44. The fourth-order valence-corrected chi connectivity index (χ4v) is 4.16. The number of alkyl halides is 1. The monoisotopic (exact) mass is 528 g/mol. The van der Waals surface area contributed by atoms with E-state index >= 15 is 0 Å². The Morgan fingerprint density at radius 2 is 1.63 bits per heavy atom. The zero-order valence-corrected chi connectivity index (χ0v) is 17.0. The minimum absolute atomic E-state index is 0.0874. The predicted octanol–water partition coefficient (Wildman–Crippen LogP) is 7.42. The van der Waals surface area contributed by atoms with Crippen LogP contribution in [0.4, 0.5) is 0 Å². The van der Waals surface area contributed by atoms with Gasteiger partial charge in [-0.2, -0.15) is 0 Å². The third kappa shape index (κ3) is 3.65. The summed E-state index contributed by atoms with van der Waals surface area (Å²) in [5, 5.41) is 0.712. The largest absolute Gasteiger partial charge is 0.0831 e. The van der Waals surface area contributed by atoms with E-state index in [1.54, 1.807) is 0 Å². The lowest BCUT2D eigenvalue weighted by Crippen LogP contribution is -1.95. The molecule has 0 bridgehead atoms. The van der Waals surface area contributed by atoms with Crippen molar-refractivity contribution in [1.82, 2.24) is 0 Å². The highest BCUT2D eigenvalue weighted by Crippen LogP contribution is 2.39. The van der Waals surface area contributed by atoms with Crippen molar-refractivity contribution in [3.8, 4) is 0 Å². The average Bonchev–Trinajstić information content (AvgIpc) is 2.36. The standard InChI is InChI=1S/C14H9Br4Cl/c1-7-4-12(17)9(6-11(7)16)14(18)8-2-3-10(15)13(19)5-8/h2-6,14H,1H3. The van der Waals surface area contributed by atoms with E-state index in [-0.39, 0.29) is 4.83 Å². The lowest BCUT2D eigenvalue weighted by atomic mass is 10.0. The van der Waals surface area contributed by atoms with Crippen molar-refractivity contribution in [1.29, 1.82) is 0 Å². The van der Waals surface area contributed by atoms with Crippen LogP contribution in [0.25, 0.3) is 0 Å². The number of hydrogen-bond acceptors (Lipinski definition) is 0. The molecule has 2 aromatic rings. The first-order chi connectivity index (χ1) is 8.90. The third-order valence-corrected chi connectivity index (χ3v) is 6.58. The van der Waals surface area contributed by atoms with Crippen LogP contribution in [0.1, 0.15) is 21.5 Å². The van der Waals surface area contributed by atoms with Crippen molar-refractivity contribution in [2.24, 2.45) is 0 Å². The summed E-state index contributed by atoms with van der Waals surface area (Å²) in [6, 6.07) is 10.2. The molecule has 1 atom stereocenters. The fraction of sp³-hybridized carbons (Fsp3) is 0.143. The fourth-order valence-electron chi connectivity index (χ4n) is 1.71. The Morgan fingerprint density at radius 1 is 0.947 bits per heavy atom. The number of halogens is 5. The van der Waals surface area contributed by atoms with Crippen molar-refractivity contribution >= 4 is 75.3 Å². The van der Waals surface area contributed by atoms with Crippen LogP contribution >= 0.6 is 75.3 Å². The van der Waals surface area contributed by atoms with Gasteiger partial charge in [-0.05, 0) is 63.8 Å². The molecule has 5 heteroatoms. The first-order valence-corrected chi connectivity index (χ1v) is 9.12. The lowest BCUT2D eigenvalue weighted by Gasteiger charge is -2.15. The van der Waals surface area contributed by atoms with E-state index < -0.39 is 0 Å². The summed E-state index contributed by atoms with van der Waals surface area (Å²) in [7, 11) is 0. The topological polar surface area (TPSA) is 0 Å². The Kier molecular flexibility index (Phi) is 5.58. The molecule has 0 aromatic heterocycles. The molecule has 0 radical (unpaired) electrons. The Balaban J connectivity index is 2.46. The smallest absolute Gasteiger partial charge is 0.0656 e. The lowest BCUT2D eigenvalue weighted by molar-refractivity contribution is 1.15. The molecule has 0 amide bonds. The summed E-state index contributed by atoms with van der Waals surface area (Å²) >= 11 is 20.5. The van der Waals surface area contributed by atoms with Gasteiger partial charge >= 0.3 is 0 Å². The number of aryl methyl sites for hydroxylation is 1. The quantitative estimate of drug-likeness (QED) is 0.354. The van der Waals surface area contributed by atoms with E-state index in [1.165, 1.54) is 5.56 Å². The molecule has 1 unspecified atom stereocenters. The highest BCUT2D eigenvalue weighted by atomic mass is 79.9. The van der Waals surface area contributed by atoms with Crippen molar-refractivity contribution < 1.29 is 0 Å². The average molecular weight is 532 g/mol. The van der Waals surface area contributed by atoms with E-state index in [0.29, 0.717) is 5.02 Å². The van der Waals surface area contributed by atoms with Crippen molar-refractivity contribution in [3.63, 3.8) is 0 Å². The molecular formula is C14H9Br4Cl. The molecule has 0 N–H and O–H groups in total. The van der Waals surface area contributed by atoms with E-state index in [2.05, 4.69) is 88.8 Å². The second-order valence-corrected chi connectivity index (χ2v) is 8.04. The van der Waals surface area contributed by atoms with Crippen molar-refractivity contribution in [3.05, 3.63) is 65.5 Å². The van der Waals surface area contributed by atoms with Gasteiger partial charge in [-0.25, -0.2) is 0 Å². The molecule has 0 saturated heterocycles. The zero-order chi connectivity index (χ0) is 14.2. The van der Waals surface area contributed by atoms with Crippen molar-refractivity contribution in [2.75, 3.05) is 0 Å². The van der Waals surface area contributed by atoms with Crippen LogP contribution in [0.15, 0.2) is 43.7 Å². The van der Waals surface area contributed by atoms with Gasteiger partial charge in [0.15, 0.2) is 0 Å². The van der Waals surface area contributed by atoms with Gasteiger partial charge in [0.05, 0.1) is 9.85 Å². The molecule has 0 aliphatic rings. The van der Waals surface area contributed by atoms with Gasteiger partial charge in [0, 0.05) is 13.4 Å². The molecule has 2 aromatic carbocycles. The van der Waals surface area contributed by atoms with Gasteiger partial charge in [-0.1, -0.05) is 65.5 Å². The Labute approximate surface area is 151 Å². The van der Waals surface area contributed by atoms with Crippen LogP contribution in [-0.2, 0) is 0 Å². The predicted molar refractivity (Wildman–Crippen MR) is 96.5 cm³/mol. The Hall–Kier alpha value is 0.650. The van der Waals surface area contributed by atoms with Crippen LogP contribution in [0.5, 0.6) is 0 Å². The third-order valence-electron chi connectivity index (χ3n) is 2.79. The molecular weight excluding hydrogens is 523 g/mol. The second-order valence-electron chi connectivity index (χ2n) is 4.16. The van der Waals surface area contributed by atoms with E-state index in [1.807, 2.05) is 12.1 Å². The van der Waals surface area contributed by atoms with Crippen LogP contribution in [-0.4, -0.2) is 0 Å². The maximum atomic E-state index is 6.15. The minimum atomic E-state index is 0.0874. The van der Waals surface area contributed by atoms with E-state index in [0.717, 1.165) is 24.5 Å². The maximum Gasteiger partial charge on any atom is 0.0656 e. The van der Waals surface area contributed by atoms with Crippen molar-refractivity contribution in [2.45, 2.75) is 11.8 Å². The molecule has 0 fully saturated rings. The number of hydrogen-bond donors (Lipinski definition) is 0. The van der Waals surface area contributed by atoms with Gasteiger partial charge in [-0.15, -0.1) is 0 Å². The van der Waals surface area contributed by atoms with Crippen LogP contribution in [0.2, 0.25) is 5.02 Å². The number of rotatable bonds is 2. The SMILES string of the molecule is Cc1cc(Br)c(C(Br)c2ccc(Br)c(Cl)c2)cc1Br. The summed E-state index contributed by atoms with van der Waals surface area (Å²) in [6.45, 7) is 2.07. The molecule has 0 aliphatic heterocycles. The highest BCUT2D eigenvalue weighted by Gasteiger charge is 2.16. The summed E-state index contributed by atoms with van der Waals surface area (Å²) in [4.78, 5) is 0.0874. The highest BCUT2D eigenvalue weighted by molar-refractivity contribution is 9.11. The molecule has 0 spiro atoms. The molecule has 19 heavy (non-hydrogen) atoms. The van der Waals surface area contributed by atoms with Crippen LogP contribution in [0.3, 0.4) is 0 Å². The molecule has 100 valence electrons. The maximum absolute atomic E-state index is 6.15. The zero-order valence-electron chi connectivity index (χ0n) is 9.85. The summed E-state index contributed by atoms with van der Waals surface area (Å²) in [6.07, 6.45) is 0. The minimum Gasteiger partial charge on any atom is -0.0831 e. The molecule has 0 nitrogen and oxygen atoms in total. The first kappa shape index (κ1) is 16.0. The number of benzene rings is 2. The van der Waals surface area contributed by atoms with Gasteiger partial charge in [-0.3, -0.25) is 0 Å². The Morgan fingerprint density at radius 3 is 2.26 bits per heavy atom.